The van der Waals surface area contributed by atoms with Crippen molar-refractivity contribution in [2.24, 2.45) is 11.8 Å². The Labute approximate surface area is 240 Å². The Morgan fingerprint density at radius 3 is 2.66 bits per heavy atom. The first kappa shape index (κ1) is 27.6. The number of carbonyl (C=O) groups excluding carboxylic acids is 3. The Morgan fingerprint density at radius 1 is 1.17 bits per heavy atom. The number of rotatable bonds is 5. The van der Waals surface area contributed by atoms with Gasteiger partial charge in [0, 0.05) is 41.1 Å². The summed E-state index contributed by atoms with van der Waals surface area (Å²) in [5.41, 5.74) is -0.546. The zero-order valence-corrected chi connectivity index (χ0v) is 22.8. The van der Waals surface area contributed by atoms with Crippen LogP contribution in [0.25, 0.3) is 11.1 Å². The molecule has 11 heteroatoms. The van der Waals surface area contributed by atoms with Gasteiger partial charge in [0.25, 0.3) is 11.8 Å². The van der Waals surface area contributed by atoms with Gasteiger partial charge >= 0.3 is 0 Å². The molecule has 2 aromatic rings. The minimum absolute atomic E-state index is 0.0131. The van der Waals surface area contributed by atoms with Crippen LogP contribution in [0.2, 0.25) is 5.02 Å². The summed E-state index contributed by atoms with van der Waals surface area (Å²) in [4.78, 5) is 41.6. The van der Waals surface area contributed by atoms with E-state index in [2.05, 4.69) is 10.6 Å². The molecule has 0 unspecified atom stereocenters. The van der Waals surface area contributed by atoms with E-state index in [1.807, 2.05) is 6.07 Å². The third-order valence-corrected chi connectivity index (χ3v) is 9.35. The van der Waals surface area contributed by atoms with Crippen LogP contribution in [0.5, 0.6) is 0 Å². The molecule has 0 aromatic heterocycles. The summed E-state index contributed by atoms with van der Waals surface area (Å²) < 4.78 is 30.6. The Kier molecular flexibility index (Phi) is 6.78. The van der Waals surface area contributed by atoms with E-state index >= 15 is 8.78 Å². The number of fused-ring (bicyclic) bond motifs is 6. The van der Waals surface area contributed by atoms with E-state index in [1.165, 1.54) is 6.07 Å². The summed E-state index contributed by atoms with van der Waals surface area (Å²) in [6, 6.07) is 9.88. The van der Waals surface area contributed by atoms with Crippen LogP contribution in [0.1, 0.15) is 49.7 Å². The lowest BCUT2D eigenvalue weighted by Gasteiger charge is -2.54. The summed E-state index contributed by atoms with van der Waals surface area (Å²) in [5.74, 6) is -7.19. The number of nitrogens with one attached hydrogen (secondary N) is 2. The number of nitriles is 1. The molecular weight excluding hydrogens is 554 g/mol. The van der Waals surface area contributed by atoms with Gasteiger partial charge in [-0.3, -0.25) is 14.4 Å². The predicted molar refractivity (Wildman–Crippen MR) is 144 cm³/mol. The molecule has 3 heterocycles. The number of benzene rings is 2. The van der Waals surface area contributed by atoms with Gasteiger partial charge in [-0.25, -0.2) is 8.78 Å². The molecule has 2 aromatic carbocycles. The van der Waals surface area contributed by atoms with Gasteiger partial charge in [-0.15, -0.1) is 0 Å². The van der Waals surface area contributed by atoms with Crippen LogP contribution < -0.4 is 10.6 Å². The van der Waals surface area contributed by atoms with Crippen LogP contribution in [0.4, 0.5) is 8.78 Å². The average molecular weight is 583 g/mol. The maximum Gasteiger partial charge on any atom is 0.264 e. The zero-order chi connectivity index (χ0) is 29.1. The summed E-state index contributed by atoms with van der Waals surface area (Å²) in [5, 5.41) is 27.6. The molecule has 6 atom stereocenters. The Bertz CT molecular complexity index is 1480. The number of aliphatic hydroxyl groups is 1. The maximum atomic E-state index is 15.3. The number of hydrogen-bond donors (Lipinski definition) is 3. The summed E-state index contributed by atoms with van der Waals surface area (Å²) in [6.45, 7) is 0.538. The van der Waals surface area contributed by atoms with Crippen LogP contribution in [0.3, 0.4) is 0 Å². The molecule has 4 fully saturated rings. The van der Waals surface area contributed by atoms with Gasteiger partial charge in [-0.2, -0.15) is 5.26 Å². The highest BCUT2D eigenvalue weighted by Gasteiger charge is 2.63. The Hall–Kier alpha value is -3.55. The monoisotopic (exact) mass is 582 g/mol. The zero-order valence-electron chi connectivity index (χ0n) is 22.1. The molecule has 214 valence electrons. The lowest BCUT2D eigenvalue weighted by molar-refractivity contribution is -0.201. The molecule has 5 aliphatic rings. The lowest BCUT2D eigenvalue weighted by Crippen LogP contribution is -2.70. The van der Waals surface area contributed by atoms with Gasteiger partial charge in [0.05, 0.1) is 12.0 Å². The quantitative estimate of drug-likeness (QED) is 0.498. The van der Waals surface area contributed by atoms with Crippen molar-refractivity contribution in [2.75, 3.05) is 6.54 Å². The first-order valence-corrected chi connectivity index (χ1v) is 14.2. The molecule has 2 aliphatic carbocycles. The minimum Gasteiger partial charge on any atom is -0.372 e. The first-order chi connectivity index (χ1) is 19.6. The van der Waals surface area contributed by atoms with Crippen molar-refractivity contribution < 1.29 is 28.3 Å². The standard InChI is InChI=1S/C30H29ClF2N4O4/c31-17-7-9-21-20-5-1-2-6-22(20)30(41,24(21)13-17)28(40)37-19-8-10-23(29(32,33)14-19)25(37)27(39)36-18(15-34)12-16-4-3-11-35-26(16)38/h1-2,5-7,9,13,16,18-19,23,25,41H,3-4,8,10-12,14H2,(H,35,38)(H,36,39)/t16-,18-,19-,23-,25-,30+/m1/s1. The molecule has 3 N–H and O–H groups in total. The third kappa shape index (κ3) is 4.37. The number of hydrogen-bond acceptors (Lipinski definition) is 5. The minimum atomic E-state index is -3.22. The molecule has 3 aliphatic heterocycles. The topological polar surface area (TPSA) is 123 Å². The van der Waals surface area contributed by atoms with Crippen molar-refractivity contribution in [3.8, 4) is 17.2 Å². The van der Waals surface area contributed by atoms with E-state index in [0.717, 1.165) is 11.3 Å². The summed E-state index contributed by atoms with van der Waals surface area (Å²) >= 11 is 6.27. The molecule has 3 saturated heterocycles. The van der Waals surface area contributed by atoms with E-state index in [1.54, 1.807) is 36.4 Å². The smallest absolute Gasteiger partial charge is 0.264 e. The highest BCUT2D eigenvalue weighted by molar-refractivity contribution is 6.31. The van der Waals surface area contributed by atoms with Gasteiger partial charge in [0.2, 0.25) is 11.8 Å². The predicted octanol–water partition coefficient (Wildman–Crippen LogP) is 3.50. The average Bonchev–Trinajstić information content (AvgIpc) is 3.21. The normalized spacial score (nSPS) is 30.0. The van der Waals surface area contributed by atoms with E-state index in [0.29, 0.717) is 24.1 Å². The number of amides is 3. The molecule has 1 saturated carbocycles. The third-order valence-electron chi connectivity index (χ3n) is 9.12. The fourth-order valence-corrected chi connectivity index (χ4v) is 7.36. The van der Waals surface area contributed by atoms with Gasteiger partial charge in [0.15, 0.2) is 5.60 Å². The first-order valence-electron chi connectivity index (χ1n) is 13.9. The van der Waals surface area contributed by atoms with Crippen molar-refractivity contribution in [3.05, 3.63) is 58.6 Å². The van der Waals surface area contributed by atoms with Crippen LogP contribution in [-0.4, -0.2) is 58.3 Å². The van der Waals surface area contributed by atoms with Gasteiger partial charge in [-0.1, -0.05) is 41.9 Å². The van der Waals surface area contributed by atoms with Gasteiger partial charge < -0.3 is 20.6 Å². The number of nitrogens with zero attached hydrogens (tertiary/aromatic N) is 2. The molecule has 0 radical (unpaired) electrons. The number of piperidine rings is 3. The van der Waals surface area contributed by atoms with Crippen LogP contribution >= 0.6 is 11.6 Å². The van der Waals surface area contributed by atoms with E-state index in [9.17, 15) is 24.8 Å². The molecule has 0 spiro atoms. The van der Waals surface area contributed by atoms with Crippen LogP contribution in [0.15, 0.2) is 42.5 Å². The second-order valence-electron chi connectivity index (χ2n) is 11.5. The van der Waals surface area contributed by atoms with Crippen molar-refractivity contribution in [3.63, 3.8) is 0 Å². The van der Waals surface area contributed by atoms with Crippen LogP contribution in [0, 0.1) is 23.2 Å². The second-order valence-corrected chi connectivity index (χ2v) is 11.9. The van der Waals surface area contributed by atoms with Crippen molar-refractivity contribution in [1.82, 2.24) is 15.5 Å². The second kappa shape index (κ2) is 10.1. The molecule has 7 rings (SSSR count). The van der Waals surface area contributed by atoms with Crippen LogP contribution in [-0.2, 0) is 20.0 Å². The molecule has 41 heavy (non-hydrogen) atoms. The molecule has 8 nitrogen and oxygen atoms in total. The number of alkyl halides is 2. The summed E-state index contributed by atoms with van der Waals surface area (Å²) in [6.07, 6.45) is 0.943. The lowest BCUT2D eigenvalue weighted by atomic mass is 9.70. The highest BCUT2D eigenvalue weighted by atomic mass is 35.5. The fourth-order valence-electron chi connectivity index (χ4n) is 7.19. The van der Waals surface area contributed by atoms with E-state index in [4.69, 9.17) is 11.6 Å². The Balaban J connectivity index is 1.36. The number of carbonyl (C=O) groups is 3. The van der Waals surface area contributed by atoms with Gasteiger partial charge in [0.1, 0.15) is 12.1 Å². The number of halogens is 3. The largest absolute Gasteiger partial charge is 0.372 e. The van der Waals surface area contributed by atoms with E-state index < -0.39 is 59.7 Å². The van der Waals surface area contributed by atoms with E-state index in [-0.39, 0.29) is 41.3 Å². The Morgan fingerprint density at radius 2 is 1.93 bits per heavy atom. The SMILES string of the molecule is N#C[C@@H](C[C@H]1CCCNC1=O)NC(=O)[C@H]1[C@H]2CC[C@H](CC2(F)F)N1C(=O)[C@]1(O)c2ccccc2-c2ccc(Cl)cc21. The van der Waals surface area contributed by atoms with Gasteiger partial charge in [-0.05, 0) is 55.4 Å². The maximum absolute atomic E-state index is 15.3. The van der Waals surface area contributed by atoms with Crippen molar-refractivity contribution in [1.29, 1.82) is 5.26 Å². The molecular formula is C30H29ClF2N4O4. The highest BCUT2D eigenvalue weighted by Crippen LogP contribution is 2.54. The molecule has 3 amide bonds. The van der Waals surface area contributed by atoms with Crippen molar-refractivity contribution >= 4 is 29.3 Å². The summed E-state index contributed by atoms with van der Waals surface area (Å²) in [7, 11) is 0. The van der Waals surface area contributed by atoms with Crippen molar-refractivity contribution in [2.45, 2.75) is 68.2 Å². The fraction of sp³-hybridized carbons (Fsp3) is 0.467. The molecule has 2 bridgehead atoms.